The number of rotatable bonds is 9. The minimum Gasteiger partial charge on any atom is -0.496 e. The summed E-state index contributed by atoms with van der Waals surface area (Å²) in [6.45, 7) is 3.71. The Bertz CT molecular complexity index is 942. The van der Waals surface area contributed by atoms with Crippen molar-refractivity contribution >= 4 is 30.2 Å². The van der Waals surface area contributed by atoms with Crippen molar-refractivity contribution < 1.29 is 57.1 Å². The summed E-state index contributed by atoms with van der Waals surface area (Å²) in [7, 11) is 1.33. The summed E-state index contributed by atoms with van der Waals surface area (Å²) < 4.78 is 38.2. The molecule has 2 rings (SSSR count). The summed E-state index contributed by atoms with van der Waals surface area (Å²) in [6, 6.07) is 4.09. The van der Waals surface area contributed by atoms with Crippen molar-refractivity contribution in [1.29, 1.82) is 0 Å². The summed E-state index contributed by atoms with van der Waals surface area (Å²) in [5, 5.41) is 0. The van der Waals surface area contributed by atoms with Crippen LogP contribution >= 0.6 is 0 Å². The minimum absolute atomic E-state index is 0.0146. The van der Waals surface area contributed by atoms with E-state index in [-0.39, 0.29) is 23.7 Å². The topological polar surface area (TPSA) is 150 Å². The number of ether oxygens (including phenoxy) is 7. The van der Waals surface area contributed by atoms with Gasteiger partial charge in [0.15, 0.2) is 18.5 Å². The molecule has 0 amide bonds. The number of hydrogen-bond donors (Lipinski definition) is 0. The monoisotopic (exact) mass is 482 g/mol. The van der Waals surface area contributed by atoms with Crippen molar-refractivity contribution in [2.45, 2.75) is 51.8 Å². The molecule has 0 radical (unpaired) electrons. The van der Waals surface area contributed by atoms with Crippen molar-refractivity contribution in [1.82, 2.24) is 0 Å². The van der Waals surface area contributed by atoms with E-state index in [0.29, 0.717) is 6.29 Å². The number of carbonyl (C=O) groups excluding carboxylic acids is 5. The fourth-order valence-electron chi connectivity index (χ4n) is 3.39. The Hall–Kier alpha value is -3.67. The molecule has 1 heterocycles. The van der Waals surface area contributed by atoms with E-state index in [0.717, 1.165) is 27.7 Å². The number of esters is 4. The van der Waals surface area contributed by atoms with Crippen LogP contribution < -0.4 is 9.47 Å². The van der Waals surface area contributed by atoms with Crippen molar-refractivity contribution in [2.75, 3.05) is 20.3 Å². The van der Waals surface area contributed by atoms with Gasteiger partial charge in [0.25, 0.3) is 0 Å². The van der Waals surface area contributed by atoms with E-state index in [1.807, 2.05) is 0 Å². The van der Waals surface area contributed by atoms with Gasteiger partial charge in [-0.15, -0.1) is 0 Å². The van der Waals surface area contributed by atoms with Crippen LogP contribution in [0.3, 0.4) is 0 Å². The molecule has 1 fully saturated rings. The number of methoxy groups -OCH3 is 1. The number of aldehydes is 1. The van der Waals surface area contributed by atoms with Gasteiger partial charge in [-0.05, 0) is 12.1 Å². The van der Waals surface area contributed by atoms with Gasteiger partial charge in [0, 0.05) is 33.8 Å². The zero-order valence-corrected chi connectivity index (χ0v) is 19.4. The van der Waals surface area contributed by atoms with E-state index in [4.69, 9.17) is 33.2 Å². The molecule has 0 unspecified atom stereocenters. The van der Waals surface area contributed by atoms with Crippen LogP contribution in [0.5, 0.6) is 11.5 Å². The maximum Gasteiger partial charge on any atom is 0.324 e. The van der Waals surface area contributed by atoms with E-state index in [2.05, 4.69) is 0 Å². The van der Waals surface area contributed by atoms with Crippen LogP contribution in [0.2, 0.25) is 0 Å². The standard InChI is InChI=1S/C22H26O12/c1-12(24)29-11-20-22(33-15(4)27,34-17-7-6-16(9-23)18(8-17)28-5)21(32-14(3)26)19(10-30-20)31-13(2)25/h6-9,19-21H,10-11H2,1-5H3/t19-,20+,21+,22-/m0/s1. The predicted octanol–water partition coefficient (Wildman–Crippen LogP) is 0.971. The highest BCUT2D eigenvalue weighted by atomic mass is 16.8. The van der Waals surface area contributed by atoms with E-state index in [9.17, 15) is 24.0 Å². The molecule has 34 heavy (non-hydrogen) atoms. The second-order valence-corrected chi connectivity index (χ2v) is 7.24. The summed E-state index contributed by atoms with van der Waals surface area (Å²) in [5.41, 5.74) is 0.210. The zero-order chi connectivity index (χ0) is 25.5. The van der Waals surface area contributed by atoms with Gasteiger partial charge in [0.05, 0.1) is 19.3 Å². The summed E-state index contributed by atoms with van der Waals surface area (Å²) in [4.78, 5) is 58.6. The SMILES string of the molecule is COc1cc(O[C@]2(OC(C)=O)[C@H](OC(C)=O)[C@@H](OC(C)=O)CO[C@@H]2COC(C)=O)ccc1C=O. The second-order valence-electron chi connectivity index (χ2n) is 7.24. The largest absolute Gasteiger partial charge is 0.496 e. The quantitative estimate of drug-likeness (QED) is 0.213. The fraction of sp³-hybridized carbons (Fsp3) is 0.500. The normalized spacial score (nSPS) is 23.7. The van der Waals surface area contributed by atoms with Crippen LogP contribution in [0.25, 0.3) is 0 Å². The smallest absolute Gasteiger partial charge is 0.324 e. The molecule has 1 aliphatic rings. The summed E-state index contributed by atoms with van der Waals surface area (Å²) >= 11 is 0. The van der Waals surface area contributed by atoms with Gasteiger partial charge in [-0.1, -0.05) is 0 Å². The lowest BCUT2D eigenvalue weighted by molar-refractivity contribution is -0.330. The van der Waals surface area contributed by atoms with Crippen molar-refractivity contribution in [3.63, 3.8) is 0 Å². The van der Waals surface area contributed by atoms with Gasteiger partial charge in [-0.2, -0.15) is 0 Å². The average Bonchev–Trinajstić information content (AvgIpc) is 2.74. The molecule has 0 bridgehead atoms. The number of carbonyl (C=O) groups is 5. The molecule has 186 valence electrons. The molecule has 12 nitrogen and oxygen atoms in total. The van der Waals surface area contributed by atoms with Gasteiger partial charge >= 0.3 is 29.7 Å². The molecule has 1 aliphatic heterocycles. The second kappa shape index (κ2) is 11.5. The molecule has 0 saturated carbocycles. The predicted molar refractivity (Wildman–Crippen MR) is 111 cm³/mol. The van der Waals surface area contributed by atoms with Crippen LogP contribution in [0.4, 0.5) is 0 Å². The van der Waals surface area contributed by atoms with Crippen LogP contribution in [0.1, 0.15) is 38.1 Å². The molecule has 0 N–H and O–H groups in total. The average molecular weight is 482 g/mol. The van der Waals surface area contributed by atoms with E-state index in [1.54, 1.807) is 0 Å². The Morgan fingerprint density at radius 3 is 2.24 bits per heavy atom. The highest BCUT2D eigenvalue weighted by Crippen LogP contribution is 2.38. The molecule has 1 aromatic carbocycles. The third-order valence-corrected chi connectivity index (χ3v) is 4.61. The highest BCUT2D eigenvalue weighted by Gasteiger charge is 2.62. The third kappa shape index (κ3) is 6.44. The first-order chi connectivity index (χ1) is 16.0. The maximum atomic E-state index is 12.2. The zero-order valence-electron chi connectivity index (χ0n) is 19.4. The first kappa shape index (κ1) is 26.6. The fourth-order valence-corrected chi connectivity index (χ4v) is 3.39. The third-order valence-electron chi connectivity index (χ3n) is 4.61. The molecule has 1 saturated heterocycles. The Morgan fingerprint density at radius 2 is 1.71 bits per heavy atom. The van der Waals surface area contributed by atoms with Gasteiger partial charge < -0.3 is 33.2 Å². The minimum atomic E-state index is -2.26. The number of hydrogen-bond acceptors (Lipinski definition) is 12. The van der Waals surface area contributed by atoms with Crippen molar-refractivity contribution in [2.24, 2.45) is 0 Å². The molecule has 0 aliphatic carbocycles. The van der Waals surface area contributed by atoms with Crippen molar-refractivity contribution in [3.05, 3.63) is 23.8 Å². The molecular weight excluding hydrogens is 456 g/mol. The molecule has 4 atom stereocenters. The van der Waals surface area contributed by atoms with Crippen LogP contribution in [0, 0.1) is 0 Å². The maximum absolute atomic E-state index is 12.2. The van der Waals surface area contributed by atoms with Gasteiger partial charge in [0.2, 0.25) is 6.10 Å². The van der Waals surface area contributed by atoms with Crippen molar-refractivity contribution in [3.8, 4) is 11.5 Å². The Labute approximate surface area is 195 Å². The first-order valence-corrected chi connectivity index (χ1v) is 10.1. The molecule has 12 heteroatoms. The lowest BCUT2D eigenvalue weighted by Gasteiger charge is -2.48. The Kier molecular flexibility index (Phi) is 8.96. The van der Waals surface area contributed by atoms with Gasteiger partial charge in [-0.3, -0.25) is 24.0 Å². The highest BCUT2D eigenvalue weighted by molar-refractivity contribution is 5.79. The summed E-state index contributed by atoms with van der Waals surface area (Å²) in [6.07, 6.45) is -3.52. The lowest BCUT2D eigenvalue weighted by Crippen LogP contribution is -2.70. The summed E-state index contributed by atoms with van der Waals surface area (Å²) in [5.74, 6) is -5.17. The Balaban J connectivity index is 2.67. The van der Waals surface area contributed by atoms with Gasteiger partial charge in [-0.25, -0.2) is 0 Å². The molecule has 0 spiro atoms. The van der Waals surface area contributed by atoms with Gasteiger partial charge in [0.1, 0.15) is 18.1 Å². The van der Waals surface area contributed by atoms with E-state index in [1.165, 1.54) is 25.3 Å². The van der Waals surface area contributed by atoms with E-state index < -0.39 is 54.6 Å². The van der Waals surface area contributed by atoms with Crippen LogP contribution in [-0.2, 0) is 42.9 Å². The van der Waals surface area contributed by atoms with E-state index >= 15 is 0 Å². The molecular formula is C22H26O12. The first-order valence-electron chi connectivity index (χ1n) is 10.1. The lowest BCUT2D eigenvalue weighted by atomic mass is 9.94. The molecule has 1 aromatic rings. The van der Waals surface area contributed by atoms with Crippen LogP contribution in [-0.4, -0.2) is 74.6 Å². The van der Waals surface area contributed by atoms with Crippen LogP contribution in [0.15, 0.2) is 18.2 Å². The number of benzene rings is 1. The Morgan fingerprint density at radius 1 is 1.03 bits per heavy atom. The molecule has 0 aromatic heterocycles.